The molecule has 3 N–H and O–H groups in total. The van der Waals surface area contributed by atoms with Gasteiger partial charge < -0.3 is 15.6 Å². The number of rotatable bonds is 3. The van der Waals surface area contributed by atoms with Crippen molar-refractivity contribution in [2.24, 2.45) is 12.0 Å². The molecule has 0 amide bonds. The lowest BCUT2D eigenvalue weighted by molar-refractivity contribution is -0.137. The summed E-state index contributed by atoms with van der Waals surface area (Å²) in [6.45, 7) is 1.85. The quantitative estimate of drug-likeness (QED) is 0.495. The molecule has 5 nitrogen and oxygen atoms in total. The minimum Gasteiger partial charge on any atom is -0.399 e. The normalized spacial score (nSPS) is 15.2. The first-order valence-electron chi connectivity index (χ1n) is 9.37. The summed E-state index contributed by atoms with van der Waals surface area (Å²) in [7, 11) is 1.61. The summed E-state index contributed by atoms with van der Waals surface area (Å²) < 4.78 is 54.4. The van der Waals surface area contributed by atoms with Crippen molar-refractivity contribution in [1.82, 2.24) is 4.57 Å². The van der Waals surface area contributed by atoms with Crippen LogP contribution in [0.1, 0.15) is 12.5 Å². The fourth-order valence-electron chi connectivity index (χ4n) is 3.55. The van der Waals surface area contributed by atoms with Gasteiger partial charge in [0.15, 0.2) is 0 Å². The summed E-state index contributed by atoms with van der Waals surface area (Å²) in [6, 6.07) is 6.91. The number of nitrogens with one attached hydrogen (secondary N) is 1. The number of nitrogen functional groups attached to an aromatic ring is 1. The largest absolute Gasteiger partial charge is 0.416 e. The Morgan fingerprint density at radius 1 is 1.10 bits per heavy atom. The molecule has 2 heterocycles. The van der Waals surface area contributed by atoms with E-state index in [-0.39, 0.29) is 17.3 Å². The van der Waals surface area contributed by atoms with E-state index >= 15 is 0 Å². The molecule has 4 rings (SSSR count). The van der Waals surface area contributed by atoms with Crippen LogP contribution in [0.3, 0.4) is 0 Å². The maximum atomic E-state index is 14.4. The number of fused-ring (bicyclic) bond motifs is 1. The Morgan fingerprint density at radius 2 is 1.81 bits per heavy atom. The zero-order valence-electron chi connectivity index (χ0n) is 16.6. The van der Waals surface area contributed by atoms with Gasteiger partial charge in [-0.15, -0.1) is 0 Å². The average Bonchev–Trinajstić information content (AvgIpc) is 3.08. The van der Waals surface area contributed by atoms with Crippen LogP contribution in [-0.2, 0) is 13.2 Å². The Bertz CT molecular complexity index is 1380. The minimum absolute atomic E-state index is 0.127. The van der Waals surface area contributed by atoms with E-state index in [1.807, 2.05) is 6.92 Å². The van der Waals surface area contributed by atoms with Crippen LogP contribution in [0.25, 0.3) is 17.2 Å². The van der Waals surface area contributed by atoms with Gasteiger partial charge in [-0.1, -0.05) is 0 Å². The Hall–Kier alpha value is -3.62. The molecule has 0 saturated carbocycles. The number of aromatic nitrogens is 1. The topological polar surface area (TPSA) is 72.4 Å². The number of hydrogen-bond donors (Lipinski definition) is 2. The van der Waals surface area contributed by atoms with Crippen LogP contribution in [0.4, 0.5) is 34.6 Å². The summed E-state index contributed by atoms with van der Waals surface area (Å²) >= 11 is 0. The zero-order valence-corrected chi connectivity index (χ0v) is 16.6. The van der Waals surface area contributed by atoms with Gasteiger partial charge in [-0.05, 0) is 49.4 Å². The second-order valence-corrected chi connectivity index (χ2v) is 7.38. The number of aryl methyl sites for hydroxylation is 1. The summed E-state index contributed by atoms with van der Waals surface area (Å²) in [5, 5.41) is 3.80. The molecular formula is C22H18F4N4O. The molecule has 31 heavy (non-hydrogen) atoms. The van der Waals surface area contributed by atoms with Crippen molar-refractivity contribution in [3.05, 3.63) is 74.9 Å². The fourth-order valence-corrected chi connectivity index (χ4v) is 3.55. The third kappa shape index (κ3) is 3.78. The number of alkyl halides is 3. The lowest BCUT2D eigenvalue weighted by Crippen LogP contribution is -2.43. The smallest absolute Gasteiger partial charge is 0.399 e. The molecular weight excluding hydrogens is 412 g/mol. The molecule has 160 valence electrons. The second-order valence-electron chi connectivity index (χ2n) is 7.38. The molecule has 1 aromatic heterocycles. The maximum Gasteiger partial charge on any atom is 0.416 e. The van der Waals surface area contributed by atoms with Gasteiger partial charge in [0.25, 0.3) is 5.56 Å². The predicted molar refractivity (Wildman–Crippen MR) is 111 cm³/mol. The van der Waals surface area contributed by atoms with Crippen LogP contribution >= 0.6 is 0 Å². The van der Waals surface area contributed by atoms with Crippen molar-refractivity contribution >= 4 is 23.1 Å². The van der Waals surface area contributed by atoms with E-state index in [1.54, 1.807) is 37.5 Å². The SMILES string of the molecule is CC1C=c2c(c(-c3cc(N)ccc3Nc3ccc(C(F)(F)F)cc3F)cn(C)c2=O)=N1. The molecule has 0 radical (unpaired) electrons. The van der Waals surface area contributed by atoms with Crippen LogP contribution < -0.4 is 27.2 Å². The zero-order chi connectivity index (χ0) is 22.5. The Labute approximate surface area is 174 Å². The molecule has 2 aromatic carbocycles. The molecule has 3 aromatic rings. The van der Waals surface area contributed by atoms with E-state index in [1.165, 1.54) is 4.57 Å². The fraction of sp³-hybridized carbons (Fsp3) is 0.182. The van der Waals surface area contributed by atoms with Gasteiger partial charge in [-0.25, -0.2) is 4.39 Å². The standard InChI is InChI=1S/C22H18F4N4O/c1-11-7-15-20(28-11)16(10-30(2)21(15)31)14-9-13(27)4-6-18(14)29-19-5-3-12(8-17(19)23)22(24,25)26/h3-11,29H,27H2,1-2H3. The highest BCUT2D eigenvalue weighted by molar-refractivity contribution is 5.83. The Morgan fingerprint density at radius 3 is 2.48 bits per heavy atom. The van der Waals surface area contributed by atoms with Gasteiger partial charge in [0.1, 0.15) is 5.82 Å². The highest BCUT2D eigenvalue weighted by Crippen LogP contribution is 2.34. The molecule has 0 aliphatic carbocycles. The number of hydrogen-bond acceptors (Lipinski definition) is 4. The van der Waals surface area contributed by atoms with Gasteiger partial charge in [0, 0.05) is 35.7 Å². The Balaban J connectivity index is 1.87. The lowest BCUT2D eigenvalue weighted by Gasteiger charge is -2.16. The maximum absolute atomic E-state index is 14.4. The highest BCUT2D eigenvalue weighted by Gasteiger charge is 2.31. The first-order chi connectivity index (χ1) is 14.5. The highest BCUT2D eigenvalue weighted by atomic mass is 19.4. The average molecular weight is 430 g/mol. The van der Waals surface area contributed by atoms with Crippen molar-refractivity contribution < 1.29 is 17.6 Å². The van der Waals surface area contributed by atoms with Gasteiger partial charge in [-0.2, -0.15) is 13.2 Å². The van der Waals surface area contributed by atoms with Crippen molar-refractivity contribution in [2.75, 3.05) is 11.1 Å². The van der Waals surface area contributed by atoms with Crippen LogP contribution in [-0.4, -0.2) is 10.6 Å². The van der Waals surface area contributed by atoms with Crippen LogP contribution in [0.5, 0.6) is 0 Å². The first kappa shape index (κ1) is 20.6. The van der Waals surface area contributed by atoms with Gasteiger partial charge in [0.2, 0.25) is 0 Å². The van der Waals surface area contributed by atoms with Gasteiger partial charge in [-0.3, -0.25) is 9.79 Å². The molecule has 1 atom stereocenters. The third-order valence-electron chi connectivity index (χ3n) is 5.02. The lowest BCUT2D eigenvalue weighted by atomic mass is 10.0. The number of benzene rings is 2. The van der Waals surface area contributed by atoms with Crippen molar-refractivity contribution in [1.29, 1.82) is 0 Å². The summed E-state index contributed by atoms with van der Waals surface area (Å²) in [6.07, 6.45) is -1.27. The van der Waals surface area contributed by atoms with Crippen LogP contribution in [0.2, 0.25) is 0 Å². The van der Waals surface area contributed by atoms with Crippen molar-refractivity contribution in [3.8, 4) is 11.1 Å². The van der Waals surface area contributed by atoms with E-state index < -0.39 is 17.6 Å². The molecule has 1 unspecified atom stereocenters. The molecule has 0 fully saturated rings. The number of halogens is 4. The molecule has 0 saturated heterocycles. The monoisotopic (exact) mass is 430 g/mol. The first-order valence-corrected chi connectivity index (χ1v) is 9.37. The molecule has 0 bridgehead atoms. The van der Waals surface area contributed by atoms with Crippen LogP contribution in [0.15, 0.2) is 52.4 Å². The third-order valence-corrected chi connectivity index (χ3v) is 5.02. The van der Waals surface area contributed by atoms with E-state index in [4.69, 9.17) is 5.73 Å². The predicted octanol–water partition coefficient (Wildman–Crippen LogP) is 3.34. The summed E-state index contributed by atoms with van der Waals surface area (Å²) in [4.78, 5) is 17.0. The number of nitrogens with two attached hydrogens (primary N) is 1. The second kappa shape index (κ2) is 7.26. The van der Waals surface area contributed by atoms with Crippen molar-refractivity contribution in [3.63, 3.8) is 0 Å². The van der Waals surface area contributed by atoms with Crippen molar-refractivity contribution in [2.45, 2.75) is 19.1 Å². The summed E-state index contributed by atoms with van der Waals surface area (Å²) in [5.74, 6) is -1.05. The van der Waals surface area contributed by atoms with E-state index in [9.17, 15) is 22.4 Å². The van der Waals surface area contributed by atoms with Gasteiger partial charge in [0.05, 0.1) is 27.9 Å². The minimum atomic E-state index is -4.64. The molecule has 1 aliphatic heterocycles. The molecule has 1 aliphatic rings. The van der Waals surface area contributed by atoms with E-state index in [0.717, 1.165) is 12.1 Å². The van der Waals surface area contributed by atoms with Crippen LogP contribution in [0, 0.1) is 5.82 Å². The summed E-state index contributed by atoms with van der Waals surface area (Å²) in [5.41, 5.74) is 6.53. The van der Waals surface area contributed by atoms with E-state index in [2.05, 4.69) is 10.3 Å². The number of pyridine rings is 1. The van der Waals surface area contributed by atoms with E-state index in [0.29, 0.717) is 39.1 Å². The van der Waals surface area contributed by atoms with Gasteiger partial charge >= 0.3 is 6.18 Å². The number of anilines is 3. The Kier molecular flexibility index (Phi) is 4.83. The molecule has 9 heteroatoms. The number of nitrogens with zero attached hydrogens (tertiary/aromatic N) is 2. The molecule has 0 spiro atoms.